The van der Waals surface area contributed by atoms with E-state index in [1.165, 1.54) is 6.33 Å². The predicted molar refractivity (Wildman–Crippen MR) is 117 cm³/mol. The highest BCUT2D eigenvalue weighted by atomic mass is 32.1. The number of rotatable bonds is 6. The Labute approximate surface area is 183 Å². The Morgan fingerprint density at radius 1 is 1.35 bits per heavy atom. The van der Waals surface area contributed by atoms with Gasteiger partial charge in [0, 0.05) is 18.5 Å². The summed E-state index contributed by atoms with van der Waals surface area (Å²) >= 11 is 1.57. The molecule has 0 unspecified atom stereocenters. The molecule has 31 heavy (non-hydrogen) atoms. The van der Waals surface area contributed by atoms with Gasteiger partial charge in [0.2, 0.25) is 5.71 Å². The summed E-state index contributed by atoms with van der Waals surface area (Å²) in [7, 11) is 0. The number of carbonyl (C=O) groups is 1. The summed E-state index contributed by atoms with van der Waals surface area (Å²) < 4.78 is 11.1. The number of aromatic nitrogens is 3. The summed E-state index contributed by atoms with van der Waals surface area (Å²) in [5, 5.41) is 8.05. The van der Waals surface area contributed by atoms with Crippen molar-refractivity contribution in [3.8, 4) is 0 Å². The van der Waals surface area contributed by atoms with E-state index in [1.807, 2.05) is 5.38 Å². The predicted octanol–water partition coefficient (Wildman–Crippen LogP) is 1.99. The minimum atomic E-state index is -0.262. The number of furan rings is 1. The Bertz CT molecular complexity index is 1120. The van der Waals surface area contributed by atoms with E-state index in [0.717, 1.165) is 36.8 Å². The summed E-state index contributed by atoms with van der Waals surface area (Å²) in [6, 6.07) is 0. The van der Waals surface area contributed by atoms with Gasteiger partial charge in [-0.1, -0.05) is 0 Å². The van der Waals surface area contributed by atoms with Gasteiger partial charge < -0.3 is 19.4 Å². The first-order valence-electron chi connectivity index (χ1n) is 10.3. The van der Waals surface area contributed by atoms with Crippen molar-refractivity contribution in [1.82, 2.24) is 20.3 Å². The van der Waals surface area contributed by atoms with Crippen LogP contribution in [0.15, 0.2) is 16.1 Å². The van der Waals surface area contributed by atoms with E-state index in [1.54, 1.807) is 23.3 Å². The molecule has 1 saturated carbocycles. The second kappa shape index (κ2) is 7.74. The molecule has 2 aliphatic rings. The SMILES string of the molecule is Cc1oc2ncnc(N(N)C3(C)CC3)c2c1C(=O)NCc1csc(N2CCOCC2)n1. The van der Waals surface area contributed by atoms with Crippen molar-refractivity contribution >= 4 is 39.3 Å². The van der Waals surface area contributed by atoms with Crippen LogP contribution in [0.2, 0.25) is 0 Å². The van der Waals surface area contributed by atoms with Gasteiger partial charge in [0.25, 0.3) is 5.91 Å². The molecule has 0 aromatic carbocycles. The van der Waals surface area contributed by atoms with E-state index in [-0.39, 0.29) is 11.4 Å². The average Bonchev–Trinajstić information content (AvgIpc) is 3.21. The number of carbonyl (C=O) groups excluding carboxylic acids is 1. The summed E-state index contributed by atoms with van der Waals surface area (Å²) in [5.41, 5.74) is 1.42. The van der Waals surface area contributed by atoms with Crippen LogP contribution >= 0.6 is 11.3 Å². The van der Waals surface area contributed by atoms with Gasteiger partial charge in [-0.3, -0.25) is 9.80 Å². The van der Waals surface area contributed by atoms with Crippen LogP contribution in [0.3, 0.4) is 0 Å². The van der Waals surface area contributed by atoms with E-state index < -0.39 is 0 Å². The zero-order chi connectivity index (χ0) is 21.6. The number of fused-ring (bicyclic) bond motifs is 1. The van der Waals surface area contributed by atoms with Crippen molar-refractivity contribution < 1.29 is 13.9 Å². The van der Waals surface area contributed by atoms with Crippen LogP contribution in [0.5, 0.6) is 0 Å². The standard InChI is InChI=1S/C20H25N7O3S/c1-12-14(15-16(23-11-24-18(15)30-12)27(21)20(2)3-4-20)17(28)22-9-13-10-31-19(25-13)26-5-7-29-8-6-26/h10-11H,3-9,21H2,1-2H3,(H,22,28). The zero-order valence-electron chi connectivity index (χ0n) is 17.6. The molecule has 3 aromatic rings. The number of hydrogen-bond acceptors (Lipinski definition) is 10. The average molecular weight is 444 g/mol. The maximum Gasteiger partial charge on any atom is 0.255 e. The Hall–Kier alpha value is -2.76. The molecular weight excluding hydrogens is 418 g/mol. The number of morpholine rings is 1. The molecule has 1 aliphatic carbocycles. The molecule has 1 saturated heterocycles. The number of thiazole rings is 1. The maximum atomic E-state index is 13.1. The van der Waals surface area contributed by atoms with Crippen molar-refractivity contribution in [1.29, 1.82) is 0 Å². The molecule has 10 nitrogen and oxygen atoms in total. The van der Waals surface area contributed by atoms with Crippen LogP contribution in [-0.2, 0) is 11.3 Å². The van der Waals surface area contributed by atoms with Crippen LogP contribution in [0.1, 0.15) is 41.6 Å². The van der Waals surface area contributed by atoms with Gasteiger partial charge in [0.1, 0.15) is 12.1 Å². The first-order valence-corrected chi connectivity index (χ1v) is 11.2. The Morgan fingerprint density at radius 3 is 2.87 bits per heavy atom. The molecule has 11 heteroatoms. The summed E-state index contributed by atoms with van der Waals surface area (Å²) in [4.78, 5) is 28.5. The number of amides is 1. The first-order chi connectivity index (χ1) is 15.0. The van der Waals surface area contributed by atoms with Crippen molar-refractivity contribution in [2.75, 3.05) is 36.2 Å². The lowest BCUT2D eigenvalue weighted by atomic mass is 10.1. The minimum absolute atomic E-state index is 0.156. The number of anilines is 2. The molecule has 1 aliphatic heterocycles. The fraction of sp³-hybridized carbons (Fsp3) is 0.500. The topological polar surface area (TPSA) is 123 Å². The molecule has 3 aromatic heterocycles. The van der Waals surface area contributed by atoms with E-state index in [2.05, 4.69) is 32.1 Å². The molecule has 2 fully saturated rings. The molecule has 3 N–H and O–H groups in total. The third-order valence-corrected chi connectivity index (χ3v) is 6.86. The van der Waals surface area contributed by atoms with E-state index >= 15 is 0 Å². The van der Waals surface area contributed by atoms with Gasteiger partial charge in [-0.05, 0) is 26.7 Å². The highest BCUT2D eigenvalue weighted by molar-refractivity contribution is 7.13. The Kier molecular flexibility index (Phi) is 5.03. The highest BCUT2D eigenvalue weighted by Gasteiger charge is 2.44. The van der Waals surface area contributed by atoms with Crippen molar-refractivity contribution in [3.63, 3.8) is 0 Å². The van der Waals surface area contributed by atoms with Gasteiger partial charge in [0.05, 0.1) is 41.9 Å². The van der Waals surface area contributed by atoms with Crippen LogP contribution in [-0.4, -0.2) is 52.7 Å². The van der Waals surface area contributed by atoms with Crippen LogP contribution < -0.4 is 21.1 Å². The lowest BCUT2D eigenvalue weighted by molar-refractivity contribution is 0.0950. The van der Waals surface area contributed by atoms with Crippen molar-refractivity contribution in [3.05, 3.63) is 28.7 Å². The summed E-state index contributed by atoms with van der Waals surface area (Å²) in [6.45, 7) is 7.22. The van der Waals surface area contributed by atoms with Crippen molar-refractivity contribution in [2.24, 2.45) is 5.84 Å². The van der Waals surface area contributed by atoms with E-state index in [4.69, 9.17) is 15.0 Å². The van der Waals surface area contributed by atoms with Gasteiger partial charge in [-0.25, -0.2) is 20.8 Å². The number of nitrogens with two attached hydrogens (primary N) is 1. The second-order valence-corrected chi connectivity index (χ2v) is 9.02. The molecule has 0 bridgehead atoms. The van der Waals surface area contributed by atoms with Gasteiger partial charge in [-0.15, -0.1) is 11.3 Å². The van der Waals surface area contributed by atoms with Crippen molar-refractivity contribution in [2.45, 2.75) is 38.8 Å². The van der Waals surface area contributed by atoms with Gasteiger partial charge >= 0.3 is 0 Å². The normalized spacial score (nSPS) is 17.7. The number of hydrogen-bond donors (Lipinski definition) is 2. The number of nitrogens with one attached hydrogen (secondary N) is 1. The lowest BCUT2D eigenvalue weighted by Crippen LogP contribution is -2.42. The molecule has 0 radical (unpaired) electrons. The summed E-state index contributed by atoms with van der Waals surface area (Å²) in [6.07, 6.45) is 3.36. The monoisotopic (exact) mass is 443 g/mol. The molecular formula is C20H25N7O3S. The zero-order valence-corrected chi connectivity index (χ0v) is 18.4. The third-order valence-electron chi connectivity index (χ3n) is 5.91. The third kappa shape index (κ3) is 3.73. The fourth-order valence-electron chi connectivity index (χ4n) is 3.70. The largest absolute Gasteiger partial charge is 0.442 e. The molecule has 164 valence electrons. The minimum Gasteiger partial charge on any atom is -0.442 e. The second-order valence-electron chi connectivity index (χ2n) is 8.18. The fourth-order valence-corrected chi connectivity index (χ4v) is 4.58. The van der Waals surface area contributed by atoms with Gasteiger partial charge in [0.15, 0.2) is 10.9 Å². The smallest absolute Gasteiger partial charge is 0.255 e. The van der Waals surface area contributed by atoms with Crippen LogP contribution in [0.25, 0.3) is 11.1 Å². The van der Waals surface area contributed by atoms with Crippen LogP contribution in [0, 0.1) is 6.92 Å². The van der Waals surface area contributed by atoms with E-state index in [0.29, 0.717) is 48.0 Å². The quantitative estimate of drug-likeness (QED) is 0.435. The van der Waals surface area contributed by atoms with Gasteiger partial charge in [-0.2, -0.15) is 0 Å². The number of nitrogens with zero attached hydrogens (tertiary/aromatic N) is 5. The molecule has 4 heterocycles. The molecule has 0 atom stereocenters. The molecule has 0 spiro atoms. The lowest BCUT2D eigenvalue weighted by Gasteiger charge is -2.26. The summed E-state index contributed by atoms with van der Waals surface area (Å²) in [5.74, 6) is 7.10. The Balaban J connectivity index is 1.36. The number of aryl methyl sites for hydroxylation is 1. The maximum absolute atomic E-state index is 13.1. The number of ether oxygens (including phenoxy) is 1. The van der Waals surface area contributed by atoms with Crippen LogP contribution in [0.4, 0.5) is 10.9 Å². The Morgan fingerprint density at radius 2 is 2.13 bits per heavy atom. The first kappa shape index (κ1) is 20.2. The molecule has 1 amide bonds. The van der Waals surface area contributed by atoms with E-state index in [9.17, 15) is 4.79 Å². The highest BCUT2D eigenvalue weighted by Crippen LogP contribution is 2.43. The molecule has 5 rings (SSSR count). The number of hydrazine groups is 1.